The van der Waals surface area contributed by atoms with Gasteiger partial charge in [-0.25, -0.2) is 0 Å². The topological polar surface area (TPSA) is 0 Å². The van der Waals surface area contributed by atoms with Gasteiger partial charge in [-0.2, -0.15) is 0 Å². The molecule has 0 aromatic rings. The van der Waals surface area contributed by atoms with Crippen LogP contribution in [0.15, 0.2) is 24.3 Å². The van der Waals surface area contributed by atoms with Crippen molar-refractivity contribution >= 4 is 0 Å². The molecule has 0 amide bonds. The maximum atomic E-state index is 3.67. The lowest BCUT2D eigenvalue weighted by atomic mass is 10.3. The first-order chi connectivity index (χ1) is 4.68. The highest BCUT2D eigenvalue weighted by Crippen LogP contribution is 1.88. The van der Waals surface area contributed by atoms with Gasteiger partial charge in [0.05, 0.1) is 0 Å². The molecule has 0 aliphatic heterocycles. The molecule has 60 valence electrons. The lowest BCUT2D eigenvalue weighted by molar-refractivity contribution is 1.11. The van der Waals surface area contributed by atoms with E-state index in [1.165, 1.54) is 5.57 Å². The average Bonchev–Trinajstić information content (AvgIpc) is 1.91. The summed E-state index contributed by atoms with van der Waals surface area (Å²) >= 11 is 0. The first-order valence-corrected chi connectivity index (χ1v) is 3.94. The lowest BCUT2D eigenvalue weighted by Crippen LogP contribution is -1.58. The third-order valence-corrected chi connectivity index (χ3v) is 1.07. The van der Waals surface area contributed by atoms with Gasteiger partial charge in [-0.1, -0.05) is 31.6 Å². The second-order valence-electron chi connectivity index (χ2n) is 2.29. The standard InChI is InChI=1S/2C5H10/c1-4-5(2)3;1-3-5-4-2/h2,4H2,1,3H3;3,5H,4H2,1-2H3/b;5-3+. The van der Waals surface area contributed by atoms with E-state index in [0.29, 0.717) is 0 Å². The predicted octanol–water partition coefficient (Wildman–Crippen LogP) is 3.95. The zero-order valence-corrected chi connectivity index (χ0v) is 7.78. The van der Waals surface area contributed by atoms with Crippen molar-refractivity contribution in [2.45, 2.75) is 40.5 Å². The molecule has 0 fully saturated rings. The predicted molar refractivity (Wildman–Crippen MR) is 50.2 cm³/mol. The van der Waals surface area contributed by atoms with Crippen LogP contribution in [0.1, 0.15) is 40.5 Å². The molecule has 0 saturated carbocycles. The van der Waals surface area contributed by atoms with E-state index >= 15 is 0 Å². The van der Waals surface area contributed by atoms with Crippen molar-refractivity contribution < 1.29 is 0 Å². The summed E-state index contributed by atoms with van der Waals surface area (Å²) < 4.78 is 0. The van der Waals surface area contributed by atoms with Gasteiger partial charge in [0.1, 0.15) is 0 Å². The minimum Gasteiger partial charge on any atom is -0.100 e. The van der Waals surface area contributed by atoms with Gasteiger partial charge in [0.15, 0.2) is 0 Å². The molecule has 0 atom stereocenters. The van der Waals surface area contributed by atoms with Gasteiger partial charge in [-0.3, -0.25) is 0 Å². The summed E-state index contributed by atoms with van der Waals surface area (Å²) in [6.07, 6.45) is 6.45. The highest BCUT2D eigenvalue weighted by atomic mass is 13.7. The molecule has 0 unspecified atom stereocenters. The molecule has 0 heteroatoms. The van der Waals surface area contributed by atoms with Crippen molar-refractivity contribution in [1.82, 2.24) is 0 Å². The first kappa shape index (κ1) is 12.2. The summed E-state index contributed by atoms with van der Waals surface area (Å²) in [5, 5.41) is 0. The molecule has 0 heterocycles. The van der Waals surface area contributed by atoms with Crippen LogP contribution in [0, 0.1) is 0 Å². The van der Waals surface area contributed by atoms with Gasteiger partial charge >= 0.3 is 0 Å². The Bertz CT molecular complexity index is 88.2. The minimum absolute atomic E-state index is 1.11. The van der Waals surface area contributed by atoms with E-state index in [0.717, 1.165) is 12.8 Å². The second kappa shape index (κ2) is 11.3. The zero-order chi connectivity index (χ0) is 8.41. The van der Waals surface area contributed by atoms with Crippen molar-refractivity contribution in [1.29, 1.82) is 0 Å². The van der Waals surface area contributed by atoms with Crippen LogP contribution in [0.3, 0.4) is 0 Å². The molecule has 0 nitrogen and oxygen atoms in total. The highest BCUT2D eigenvalue weighted by molar-refractivity contribution is 4.84. The minimum atomic E-state index is 1.11. The monoisotopic (exact) mass is 140 g/mol. The summed E-state index contributed by atoms with van der Waals surface area (Å²) in [7, 11) is 0. The summed E-state index contributed by atoms with van der Waals surface area (Å²) in [5.74, 6) is 0. The van der Waals surface area contributed by atoms with E-state index in [1.807, 2.05) is 13.8 Å². The van der Waals surface area contributed by atoms with E-state index in [4.69, 9.17) is 0 Å². The van der Waals surface area contributed by atoms with Crippen molar-refractivity contribution in [3.8, 4) is 0 Å². The molecule has 10 heavy (non-hydrogen) atoms. The van der Waals surface area contributed by atoms with Crippen LogP contribution in [-0.2, 0) is 0 Å². The Balaban J connectivity index is 0. The molecule has 0 rings (SSSR count). The van der Waals surface area contributed by atoms with Crippen molar-refractivity contribution in [3.63, 3.8) is 0 Å². The number of hydrogen-bond donors (Lipinski definition) is 0. The number of rotatable bonds is 2. The Morgan fingerprint density at radius 3 is 1.80 bits per heavy atom. The van der Waals surface area contributed by atoms with Gasteiger partial charge in [0.25, 0.3) is 0 Å². The molecule has 0 bridgehead atoms. The average molecular weight is 140 g/mol. The fourth-order valence-electron chi connectivity index (χ4n) is 0.236. The smallest absolute Gasteiger partial charge is 0.0354 e. The SMILES string of the molecule is C/C=C/CC.C=C(C)CC. The molecule has 0 radical (unpaired) electrons. The van der Waals surface area contributed by atoms with E-state index < -0.39 is 0 Å². The van der Waals surface area contributed by atoms with Gasteiger partial charge < -0.3 is 0 Å². The second-order valence-corrected chi connectivity index (χ2v) is 2.29. The van der Waals surface area contributed by atoms with Gasteiger partial charge in [-0.15, -0.1) is 6.58 Å². The van der Waals surface area contributed by atoms with Crippen LogP contribution in [-0.4, -0.2) is 0 Å². The Morgan fingerprint density at radius 1 is 1.40 bits per heavy atom. The molecular weight excluding hydrogens is 120 g/mol. The fourth-order valence-corrected chi connectivity index (χ4v) is 0.236. The lowest BCUT2D eigenvalue weighted by Gasteiger charge is -1.79. The van der Waals surface area contributed by atoms with Crippen LogP contribution in [0.4, 0.5) is 0 Å². The molecule has 0 aromatic carbocycles. The van der Waals surface area contributed by atoms with Crippen molar-refractivity contribution in [3.05, 3.63) is 24.3 Å². The maximum Gasteiger partial charge on any atom is -0.0354 e. The van der Waals surface area contributed by atoms with Crippen LogP contribution >= 0.6 is 0 Å². The largest absolute Gasteiger partial charge is 0.100 e. The zero-order valence-electron chi connectivity index (χ0n) is 7.78. The van der Waals surface area contributed by atoms with Crippen molar-refractivity contribution in [2.24, 2.45) is 0 Å². The number of allylic oxidation sites excluding steroid dienone is 3. The molecule has 0 saturated heterocycles. The molecule has 0 spiro atoms. The fraction of sp³-hybridized carbons (Fsp3) is 0.600. The first-order valence-electron chi connectivity index (χ1n) is 3.94. The van der Waals surface area contributed by atoms with Crippen LogP contribution in [0.25, 0.3) is 0 Å². The van der Waals surface area contributed by atoms with Crippen LogP contribution < -0.4 is 0 Å². The Hall–Kier alpha value is -0.520. The van der Waals surface area contributed by atoms with Crippen LogP contribution in [0.5, 0.6) is 0 Å². The van der Waals surface area contributed by atoms with Gasteiger partial charge in [0, 0.05) is 0 Å². The third-order valence-electron chi connectivity index (χ3n) is 1.07. The summed E-state index contributed by atoms with van der Waals surface area (Å²) in [6.45, 7) is 12.0. The summed E-state index contributed by atoms with van der Waals surface area (Å²) in [5.41, 5.74) is 1.25. The van der Waals surface area contributed by atoms with E-state index in [1.54, 1.807) is 0 Å². The maximum absolute atomic E-state index is 3.67. The third kappa shape index (κ3) is 25.9. The molecule has 0 aromatic heterocycles. The van der Waals surface area contributed by atoms with E-state index in [2.05, 4.69) is 32.6 Å². The number of hydrogen-bond acceptors (Lipinski definition) is 0. The Kier molecular flexibility index (Phi) is 13.8. The molecule has 0 aliphatic rings. The van der Waals surface area contributed by atoms with Gasteiger partial charge in [-0.05, 0) is 26.7 Å². The van der Waals surface area contributed by atoms with E-state index in [-0.39, 0.29) is 0 Å². The Morgan fingerprint density at radius 2 is 1.80 bits per heavy atom. The highest BCUT2D eigenvalue weighted by Gasteiger charge is 1.67. The normalized spacial score (nSPS) is 8.80. The van der Waals surface area contributed by atoms with Crippen LogP contribution in [0.2, 0.25) is 0 Å². The Labute approximate surface area is 65.7 Å². The summed E-state index contributed by atoms with van der Waals surface area (Å²) in [4.78, 5) is 0. The quantitative estimate of drug-likeness (QED) is 0.509. The summed E-state index contributed by atoms with van der Waals surface area (Å²) in [6, 6.07) is 0. The molecule has 0 aliphatic carbocycles. The van der Waals surface area contributed by atoms with Gasteiger partial charge in [0.2, 0.25) is 0 Å². The van der Waals surface area contributed by atoms with E-state index in [9.17, 15) is 0 Å². The molecular formula is C10H20. The molecule has 0 N–H and O–H groups in total. The van der Waals surface area contributed by atoms with Crippen molar-refractivity contribution in [2.75, 3.05) is 0 Å².